The summed E-state index contributed by atoms with van der Waals surface area (Å²) in [6.07, 6.45) is 4.87. The third-order valence-electron chi connectivity index (χ3n) is 3.13. The number of hydrogen-bond acceptors (Lipinski definition) is 2. The molecule has 1 fully saturated rings. The fraction of sp³-hybridized carbons (Fsp3) is 0.583. The molecule has 0 aromatic carbocycles. The second kappa shape index (κ2) is 5.00. The second-order valence-electron chi connectivity index (χ2n) is 4.31. The zero-order chi connectivity index (χ0) is 11.5. The van der Waals surface area contributed by atoms with Crippen LogP contribution in [0, 0.1) is 5.82 Å². The minimum atomic E-state index is -0.316. The number of piperidine rings is 1. The van der Waals surface area contributed by atoms with Crippen LogP contribution in [0.4, 0.5) is 10.2 Å². The highest BCUT2D eigenvalue weighted by Crippen LogP contribution is 2.27. The van der Waals surface area contributed by atoms with Crippen molar-refractivity contribution in [1.82, 2.24) is 4.98 Å². The Morgan fingerprint density at radius 3 is 3.06 bits per heavy atom. The van der Waals surface area contributed by atoms with E-state index in [1.165, 1.54) is 31.5 Å². The van der Waals surface area contributed by atoms with Crippen molar-refractivity contribution >= 4 is 17.4 Å². The van der Waals surface area contributed by atoms with Gasteiger partial charge in [-0.1, -0.05) is 0 Å². The Bertz CT molecular complexity index is 370. The summed E-state index contributed by atoms with van der Waals surface area (Å²) in [4.78, 5) is 6.43. The molecule has 4 heteroatoms. The molecule has 16 heavy (non-hydrogen) atoms. The van der Waals surface area contributed by atoms with Crippen LogP contribution in [0.15, 0.2) is 12.3 Å². The van der Waals surface area contributed by atoms with Crippen LogP contribution in [-0.2, 0) is 5.88 Å². The van der Waals surface area contributed by atoms with Gasteiger partial charge in [0, 0.05) is 18.2 Å². The maximum atomic E-state index is 13.1. The van der Waals surface area contributed by atoms with E-state index >= 15 is 0 Å². The lowest BCUT2D eigenvalue weighted by molar-refractivity contribution is 0.479. The molecule has 2 nitrogen and oxygen atoms in total. The molecular formula is C12H16ClFN2. The van der Waals surface area contributed by atoms with Crippen molar-refractivity contribution < 1.29 is 4.39 Å². The van der Waals surface area contributed by atoms with Crippen molar-refractivity contribution in [3.63, 3.8) is 0 Å². The number of rotatable bonds is 2. The molecule has 0 aliphatic carbocycles. The van der Waals surface area contributed by atoms with Gasteiger partial charge in [-0.25, -0.2) is 9.37 Å². The Kier molecular flexibility index (Phi) is 3.64. The van der Waals surface area contributed by atoms with Gasteiger partial charge in [0.05, 0.1) is 12.1 Å². The SMILES string of the molecule is CC1CCCCN1c1ncc(F)cc1CCl. The third-order valence-corrected chi connectivity index (χ3v) is 3.42. The number of pyridine rings is 1. The van der Waals surface area contributed by atoms with E-state index in [-0.39, 0.29) is 5.82 Å². The molecule has 1 aromatic heterocycles. The zero-order valence-corrected chi connectivity index (χ0v) is 10.2. The van der Waals surface area contributed by atoms with Crippen LogP contribution in [0.25, 0.3) is 0 Å². The Morgan fingerprint density at radius 1 is 1.56 bits per heavy atom. The van der Waals surface area contributed by atoms with Gasteiger partial charge in [-0.15, -0.1) is 11.6 Å². The van der Waals surface area contributed by atoms with E-state index < -0.39 is 0 Å². The Labute approximate surface area is 100 Å². The average molecular weight is 243 g/mol. The number of hydrogen-bond donors (Lipinski definition) is 0. The van der Waals surface area contributed by atoms with Crippen molar-refractivity contribution in [2.24, 2.45) is 0 Å². The maximum Gasteiger partial charge on any atom is 0.141 e. The van der Waals surface area contributed by atoms with Crippen LogP contribution in [0.1, 0.15) is 31.7 Å². The van der Waals surface area contributed by atoms with Crippen LogP contribution in [0.5, 0.6) is 0 Å². The molecule has 0 spiro atoms. The van der Waals surface area contributed by atoms with Crippen LogP contribution in [0.3, 0.4) is 0 Å². The number of alkyl halides is 1. The molecule has 0 radical (unpaired) electrons. The fourth-order valence-corrected chi connectivity index (χ4v) is 2.44. The molecule has 0 N–H and O–H groups in total. The summed E-state index contributed by atoms with van der Waals surface area (Å²) in [5, 5.41) is 0. The smallest absolute Gasteiger partial charge is 0.141 e. The van der Waals surface area contributed by atoms with Gasteiger partial charge in [0.1, 0.15) is 11.6 Å². The fourth-order valence-electron chi connectivity index (χ4n) is 2.24. The summed E-state index contributed by atoms with van der Waals surface area (Å²) in [5.74, 6) is 0.844. The molecule has 1 aromatic rings. The number of anilines is 1. The first kappa shape index (κ1) is 11.6. The molecule has 1 unspecified atom stereocenters. The molecule has 0 amide bonds. The van der Waals surface area contributed by atoms with E-state index in [4.69, 9.17) is 11.6 Å². The highest BCUT2D eigenvalue weighted by Gasteiger charge is 2.21. The van der Waals surface area contributed by atoms with Crippen molar-refractivity contribution in [1.29, 1.82) is 0 Å². The molecule has 88 valence electrons. The van der Waals surface area contributed by atoms with E-state index in [1.54, 1.807) is 0 Å². The van der Waals surface area contributed by atoms with Crippen molar-refractivity contribution in [3.8, 4) is 0 Å². The van der Waals surface area contributed by atoms with Crippen LogP contribution < -0.4 is 4.90 Å². The first-order valence-electron chi connectivity index (χ1n) is 5.69. The first-order valence-corrected chi connectivity index (χ1v) is 6.23. The Hall–Kier alpha value is -0.830. The molecule has 1 aliphatic rings. The lowest BCUT2D eigenvalue weighted by Gasteiger charge is -2.35. The lowest BCUT2D eigenvalue weighted by Crippen LogP contribution is -2.38. The number of halogens is 2. The third kappa shape index (κ3) is 2.29. The molecular weight excluding hydrogens is 227 g/mol. The van der Waals surface area contributed by atoms with E-state index in [0.29, 0.717) is 11.9 Å². The highest BCUT2D eigenvalue weighted by atomic mass is 35.5. The van der Waals surface area contributed by atoms with Crippen LogP contribution in [0.2, 0.25) is 0 Å². The van der Waals surface area contributed by atoms with Gasteiger partial charge in [-0.05, 0) is 32.3 Å². The van der Waals surface area contributed by atoms with Gasteiger partial charge < -0.3 is 4.90 Å². The molecule has 0 bridgehead atoms. The lowest BCUT2D eigenvalue weighted by atomic mass is 10.0. The minimum absolute atomic E-state index is 0.309. The summed E-state index contributed by atoms with van der Waals surface area (Å²) in [6.45, 7) is 3.17. The number of nitrogens with zero attached hydrogens (tertiary/aromatic N) is 2. The van der Waals surface area contributed by atoms with E-state index in [1.807, 2.05) is 0 Å². The summed E-state index contributed by atoms with van der Waals surface area (Å²) in [7, 11) is 0. The molecule has 1 atom stereocenters. The standard InChI is InChI=1S/C12H16ClFN2/c1-9-4-2-3-5-16(9)12-10(7-13)6-11(14)8-15-12/h6,8-9H,2-5,7H2,1H3. The number of aromatic nitrogens is 1. The molecule has 1 aliphatic heterocycles. The van der Waals surface area contributed by atoms with E-state index in [0.717, 1.165) is 17.9 Å². The topological polar surface area (TPSA) is 16.1 Å². The second-order valence-corrected chi connectivity index (χ2v) is 4.58. The minimum Gasteiger partial charge on any atom is -0.354 e. The largest absolute Gasteiger partial charge is 0.354 e. The summed E-state index contributed by atoms with van der Waals surface area (Å²) in [6, 6.07) is 1.95. The Morgan fingerprint density at radius 2 is 2.38 bits per heavy atom. The van der Waals surface area contributed by atoms with E-state index in [2.05, 4.69) is 16.8 Å². The molecule has 2 rings (SSSR count). The predicted molar refractivity (Wildman–Crippen MR) is 64.4 cm³/mol. The summed E-state index contributed by atoms with van der Waals surface area (Å²) < 4.78 is 13.1. The van der Waals surface area contributed by atoms with Crippen molar-refractivity contribution in [2.75, 3.05) is 11.4 Å². The summed E-state index contributed by atoms with van der Waals surface area (Å²) in [5.41, 5.74) is 0.787. The first-order chi connectivity index (χ1) is 7.72. The van der Waals surface area contributed by atoms with Gasteiger partial charge in [0.15, 0.2) is 0 Å². The monoisotopic (exact) mass is 242 g/mol. The van der Waals surface area contributed by atoms with Crippen LogP contribution in [-0.4, -0.2) is 17.6 Å². The van der Waals surface area contributed by atoms with Crippen LogP contribution >= 0.6 is 11.6 Å². The van der Waals surface area contributed by atoms with Gasteiger partial charge in [-0.2, -0.15) is 0 Å². The normalized spacial score (nSPS) is 21.2. The molecule has 0 saturated carbocycles. The maximum absolute atomic E-state index is 13.1. The van der Waals surface area contributed by atoms with Crippen molar-refractivity contribution in [2.45, 2.75) is 38.1 Å². The predicted octanol–water partition coefficient (Wildman–Crippen LogP) is 3.34. The van der Waals surface area contributed by atoms with Gasteiger partial charge in [0.25, 0.3) is 0 Å². The van der Waals surface area contributed by atoms with Gasteiger partial charge in [-0.3, -0.25) is 0 Å². The van der Waals surface area contributed by atoms with Crippen molar-refractivity contribution in [3.05, 3.63) is 23.6 Å². The highest BCUT2D eigenvalue weighted by molar-refractivity contribution is 6.17. The average Bonchev–Trinajstić information content (AvgIpc) is 2.30. The quantitative estimate of drug-likeness (QED) is 0.740. The summed E-state index contributed by atoms with van der Waals surface area (Å²) >= 11 is 5.84. The Balaban J connectivity index is 2.30. The zero-order valence-electron chi connectivity index (χ0n) is 9.42. The van der Waals surface area contributed by atoms with E-state index in [9.17, 15) is 4.39 Å². The van der Waals surface area contributed by atoms with Gasteiger partial charge >= 0.3 is 0 Å². The van der Waals surface area contributed by atoms with Gasteiger partial charge in [0.2, 0.25) is 0 Å². The molecule has 1 saturated heterocycles. The molecule has 2 heterocycles.